The summed E-state index contributed by atoms with van der Waals surface area (Å²) in [7, 11) is 0. The molecule has 0 aliphatic rings. The Bertz CT molecular complexity index is 316. The second-order valence-electron chi connectivity index (χ2n) is 2.39. The molecule has 0 aliphatic heterocycles. The first-order chi connectivity index (χ1) is 4.86. The standard InChI is InChI=1S/C8H8N2.CH4/c1-6-5-8-7(10-6)3-2-4-9-8;/h2-5,10H,1H3;1H4. The van der Waals surface area contributed by atoms with Gasteiger partial charge in [0.2, 0.25) is 0 Å². The van der Waals surface area contributed by atoms with Crippen LogP contribution in [-0.4, -0.2) is 9.97 Å². The molecule has 0 aliphatic carbocycles. The summed E-state index contributed by atoms with van der Waals surface area (Å²) in [5.74, 6) is 0. The quantitative estimate of drug-likeness (QED) is 0.611. The number of aromatic amines is 1. The molecule has 2 heteroatoms. The molecular formula is C9H12N2. The molecule has 0 bridgehead atoms. The third kappa shape index (κ3) is 1.24. The molecule has 0 atom stereocenters. The van der Waals surface area contributed by atoms with Gasteiger partial charge in [0.1, 0.15) is 0 Å². The highest BCUT2D eigenvalue weighted by molar-refractivity contribution is 5.75. The summed E-state index contributed by atoms with van der Waals surface area (Å²) in [4.78, 5) is 7.37. The predicted molar refractivity (Wildman–Crippen MR) is 47.6 cm³/mol. The normalized spacial score (nSPS) is 9.55. The van der Waals surface area contributed by atoms with E-state index in [4.69, 9.17) is 0 Å². The Labute approximate surface area is 66.3 Å². The maximum absolute atomic E-state index is 4.17. The van der Waals surface area contributed by atoms with Gasteiger partial charge in [-0.1, -0.05) is 7.43 Å². The first kappa shape index (κ1) is 7.79. The van der Waals surface area contributed by atoms with E-state index in [2.05, 4.69) is 9.97 Å². The van der Waals surface area contributed by atoms with Crippen molar-refractivity contribution >= 4 is 11.0 Å². The molecule has 11 heavy (non-hydrogen) atoms. The first-order valence-corrected chi connectivity index (χ1v) is 3.26. The topological polar surface area (TPSA) is 28.7 Å². The van der Waals surface area contributed by atoms with Crippen LogP contribution in [0.4, 0.5) is 0 Å². The zero-order chi connectivity index (χ0) is 6.97. The molecule has 1 N–H and O–H groups in total. The zero-order valence-corrected chi connectivity index (χ0v) is 5.76. The molecule has 0 fully saturated rings. The lowest BCUT2D eigenvalue weighted by Gasteiger charge is -1.83. The van der Waals surface area contributed by atoms with Crippen LogP contribution in [0, 0.1) is 6.92 Å². The summed E-state index contributed by atoms with van der Waals surface area (Å²) in [5, 5.41) is 0. The van der Waals surface area contributed by atoms with E-state index in [-0.39, 0.29) is 7.43 Å². The molecule has 0 unspecified atom stereocenters. The minimum atomic E-state index is 0. The van der Waals surface area contributed by atoms with Gasteiger partial charge in [0, 0.05) is 11.9 Å². The number of fused-ring (bicyclic) bond motifs is 1. The lowest BCUT2D eigenvalue weighted by molar-refractivity contribution is 1.30. The van der Waals surface area contributed by atoms with E-state index >= 15 is 0 Å². The van der Waals surface area contributed by atoms with Gasteiger partial charge in [-0.3, -0.25) is 4.98 Å². The number of hydrogen-bond donors (Lipinski definition) is 1. The van der Waals surface area contributed by atoms with Crippen LogP contribution in [0.15, 0.2) is 24.4 Å². The lowest BCUT2D eigenvalue weighted by Crippen LogP contribution is -1.69. The smallest absolute Gasteiger partial charge is 0.0881 e. The van der Waals surface area contributed by atoms with Crippen molar-refractivity contribution < 1.29 is 0 Å². The average Bonchev–Trinajstić information content (AvgIpc) is 2.27. The molecule has 0 aromatic carbocycles. The zero-order valence-electron chi connectivity index (χ0n) is 5.76. The first-order valence-electron chi connectivity index (χ1n) is 3.26. The Morgan fingerprint density at radius 2 is 2.27 bits per heavy atom. The van der Waals surface area contributed by atoms with Crippen molar-refractivity contribution in [3.05, 3.63) is 30.1 Å². The fourth-order valence-electron chi connectivity index (χ4n) is 1.09. The van der Waals surface area contributed by atoms with Crippen molar-refractivity contribution in [3.8, 4) is 0 Å². The van der Waals surface area contributed by atoms with Gasteiger partial charge in [0.15, 0.2) is 0 Å². The van der Waals surface area contributed by atoms with Crippen molar-refractivity contribution in [3.63, 3.8) is 0 Å². The number of nitrogens with zero attached hydrogens (tertiary/aromatic N) is 1. The summed E-state index contributed by atoms with van der Waals surface area (Å²) >= 11 is 0. The lowest BCUT2D eigenvalue weighted by atomic mass is 10.4. The summed E-state index contributed by atoms with van der Waals surface area (Å²) in [6, 6.07) is 5.99. The minimum absolute atomic E-state index is 0. The molecule has 2 nitrogen and oxygen atoms in total. The third-order valence-corrected chi connectivity index (χ3v) is 1.52. The molecule has 0 radical (unpaired) electrons. The van der Waals surface area contributed by atoms with E-state index in [1.54, 1.807) is 6.20 Å². The number of pyridine rings is 1. The van der Waals surface area contributed by atoms with Gasteiger partial charge in [0.25, 0.3) is 0 Å². The molecule has 2 heterocycles. The number of nitrogens with one attached hydrogen (secondary N) is 1. The van der Waals surface area contributed by atoms with Crippen molar-refractivity contribution in [2.75, 3.05) is 0 Å². The minimum Gasteiger partial charge on any atom is -0.357 e. The Kier molecular flexibility index (Phi) is 1.94. The second-order valence-corrected chi connectivity index (χ2v) is 2.39. The summed E-state index contributed by atoms with van der Waals surface area (Å²) in [6.07, 6.45) is 1.80. The highest BCUT2D eigenvalue weighted by Gasteiger charge is 1.93. The summed E-state index contributed by atoms with van der Waals surface area (Å²) in [6.45, 7) is 2.03. The Hall–Kier alpha value is -1.31. The van der Waals surface area contributed by atoms with Gasteiger partial charge in [-0.2, -0.15) is 0 Å². The van der Waals surface area contributed by atoms with E-state index < -0.39 is 0 Å². The van der Waals surface area contributed by atoms with Gasteiger partial charge >= 0.3 is 0 Å². The SMILES string of the molecule is C.Cc1cc2ncccc2[nH]1. The van der Waals surface area contributed by atoms with Gasteiger partial charge in [-0.25, -0.2) is 0 Å². The van der Waals surface area contributed by atoms with Gasteiger partial charge in [-0.05, 0) is 25.1 Å². The third-order valence-electron chi connectivity index (χ3n) is 1.52. The van der Waals surface area contributed by atoms with Crippen molar-refractivity contribution in [2.24, 2.45) is 0 Å². The fourth-order valence-corrected chi connectivity index (χ4v) is 1.09. The molecule has 2 aromatic rings. The van der Waals surface area contributed by atoms with Crippen LogP contribution in [0.3, 0.4) is 0 Å². The number of rotatable bonds is 0. The van der Waals surface area contributed by atoms with Crippen LogP contribution in [0.2, 0.25) is 0 Å². The van der Waals surface area contributed by atoms with Crippen LogP contribution >= 0.6 is 0 Å². The van der Waals surface area contributed by atoms with Crippen LogP contribution in [0.5, 0.6) is 0 Å². The van der Waals surface area contributed by atoms with E-state index in [0.29, 0.717) is 0 Å². The Morgan fingerprint density at radius 3 is 3.00 bits per heavy atom. The Morgan fingerprint density at radius 1 is 1.45 bits per heavy atom. The second kappa shape index (κ2) is 2.74. The fraction of sp³-hybridized carbons (Fsp3) is 0.222. The van der Waals surface area contributed by atoms with Gasteiger partial charge in [-0.15, -0.1) is 0 Å². The molecule has 0 saturated heterocycles. The highest BCUT2D eigenvalue weighted by Crippen LogP contribution is 2.09. The van der Waals surface area contributed by atoms with Gasteiger partial charge in [0.05, 0.1) is 11.0 Å². The van der Waals surface area contributed by atoms with Gasteiger partial charge < -0.3 is 4.98 Å². The molecule has 0 amide bonds. The Balaban J connectivity index is 0.000000605. The van der Waals surface area contributed by atoms with Crippen LogP contribution in [-0.2, 0) is 0 Å². The maximum atomic E-state index is 4.17. The monoisotopic (exact) mass is 148 g/mol. The molecule has 0 spiro atoms. The molecule has 0 saturated carbocycles. The van der Waals surface area contributed by atoms with Crippen LogP contribution in [0.1, 0.15) is 13.1 Å². The van der Waals surface area contributed by atoms with Crippen molar-refractivity contribution in [1.29, 1.82) is 0 Å². The number of H-pyrrole nitrogens is 1. The number of aromatic nitrogens is 2. The number of hydrogen-bond acceptors (Lipinski definition) is 1. The highest BCUT2D eigenvalue weighted by atomic mass is 14.8. The van der Waals surface area contributed by atoms with Crippen molar-refractivity contribution in [2.45, 2.75) is 14.4 Å². The van der Waals surface area contributed by atoms with Crippen LogP contribution in [0.25, 0.3) is 11.0 Å². The van der Waals surface area contributed by atoms with Crippen molar-refractivity contribution in [1.82, 2.24) is 9.97 Å². The van der Waals surface area contributed by atoms with E-state index in [1.165, 1.54) is 0 Å². The van der Waals surface area contributed by atoms with E-state index in [9.17, 15) is 0 Å². The average molecular weight is 148 g/mol. The molecule has 58 valence electrons. The number of aryl methyl sites for hydroxylation is 1. The molecule has 2 rings (SSSR count). The predicted octanol–water partition coefficient (Wildman–Crippen LogP) is 2.51. The van der Waals surface area contributed by atoms with E-state index in [1.807, 2.05) is 25.1 Å². The summed E-state index contributed by atoms with van der Waals surface area (Å²) in [5.41, 5.74) is 3.31. The van der Waals surface area contributed by atoms with E-state index in [0.717, 1.165) is 16.7 Å². The van der Waals surface area contributed by atoms with Crippen LogP contribution < -0.4 is 0 Å². The maximum Gasteiger partial charge on any atom is 0.0881 e. The molecular weight excluding hydrogens is 136 g/mol. The molecule has 2 aromatic heterocycles. The summed E-state index contributed by atoms with van der Waals surface area (Å²) < 4.78 is 0. The largest absolute Gasteiger partial charge is 0.357 e.